The predicted octanol–water partition coefficient (Wildman–Crippen LogP) is 2.23. The van der Waals surface area contributed by atoms with Crippen molar-refractivity contribution in [2.75, 3.05) is 45.8 Å². The average molecular weight is 393 g/mol. The molecular weight excluding hydrogens is 364 g/mol. The van der Waals surface area contributed by atoms with Gasteiger partial charge in [-0.3, -0.25) is 9.69 Å². The summed E-state index contributed by atoms with van der Waals surface area (Å²) in [4.78, 5) is 28.3. The number of nitrogens with one attached hydrogen (secondary N) is 2. The van der Waals surface area contributed by atoms with E-state index in [0.29, 0.717) is 26.2 Å². The maximum Gasteiger partial charge on any atom is 0.317 e. The van der Waals surface area contributed by atoms with Crippen LogP contribution in [-0.2, 0) is 10.2 Å². The van der Waals surface area contributed by atoms with E-state index < -0.39 is 0 Å². The number of amides is 3. The molecular formula is C20H29ClN4O2. The van der Waals surface area contributed by atoms with E-state index in [9.17, 15) is 9.59 Å². The van der Waals surface area contributed by atoms with Gasteiger partial charge in [0.15, 0.2) is 0 Å². The molecule has 27 heavy (non-hydrogen) atoms. The quantitative estimate of drug-likeness (QED) is 0.747. The summed E-state index contributed by atoms with van der Waals surface area (Å²) in [5, 5.41) is 6.74. The molecule has 2 aliphatic rings. The lowest BCUT2D eigenvalue weighted by atomic mass is 9.96. The lowest BCUT2D eigenvalue weighted by molar-refractivity contribution is -0.122. The first-order valence-electron chi connectivity index (χ1n) is 9.80. The molecule has 3 amide bonds. The van der Waals surface area contributed by atoms with Crippen LogP contribution in [0.3, 0.4) is 0 Å². The van der Waals surface area contributed by atoms with Crippen LogP contribution in [0.1, 0.15) is 31.7 Å². The Morgan fingerprint density at radius 1 is 1.07 bits per heavy atom. The van der Waals surface area contributed by atoms with Gasteiger partial charge in [0, 0.05) is 49.7 Å². The zero-order chi connectivity index (χ0) is 19.3. The van der Waals surface area contributed by atoms with Gasteiger partial charge in [-0.15, -0.1) is 0 Å². The zero-order valence-electron chi connectivity index (χ0n) is 16.0. The summed E-state index contributed by atoms with van der Waals surface area (Å²) >= 11 is 5.97. The van der Waals surface area contributed by atoms with Crippen LogP contribution in [0.2, 0.25) is 5.02 Å². The molecule has 1 saturated carbocycles. The Morgan fingerprint density at radius 2 is 1.74 bits per heavy atom. The van der Waals surface area contributed by atoms with Gasteiger partial charge in [0.1, 0.15) is 0 Å². The van der Waals surface area contributed by atoms with Crippen LogP contribution in [0.4, 0.5) is 4.79 Å². The minimum Gasteiger partial charge on any atom is -0.355 e. The fourth-order valence-corrected chi connectivity index (χ4v) is 3.64. The second-order valence-electron chi connectivity index (χ2n) is 7.56. The van der Waals surface area contributed by atoms with E-state index >= 15 is 0 Å². The maximum atomic E-state index is 12.5. The van der Waals surface area contributed by atoms with Gasteiger partial charge < -0.3 is 15.5 Å². The van der Waals surface area contributed by atoms with Crippen molar-refractivity contribution >= 4 is 23.5 Å². The first kappa shape index (κ1) is 20.0. The predicted molar refractivity (Wildman–Crippen MR) is 107 cm³/mol. The highest BCUT2D eigenvalue weighted by atomic mass is 35.5. The fraction of sp³-hybridized carbons (Fsp3) is 0.600. The minimum atomic E-state index is -0.00896. The summed E-state index contributed by atoms with van der Waals surface area (Å²) in [6.07, 6.45) is 3.13. The summed E-state index contributed by atoms with van der Waals surface area (Å²) in [6, 6.07) is 7.93. The lowest BCUT2D eigenvalue weighted by Crippen LogP contribution is -2.54. The van der Waals surface area contributed by atoms with Gasteiger partial charge in [0.2, 0.25) is 5.91 Å². The number of halogens is 1. The molecule has 1 saturated heterocycles. The molecule has 148 valence electrons. The van der Waals surface area contributed by atoms with Gasteiger partial charge in [-0.2, -0.15) is 0 Å². The van der Waals surface area contributed by atoms with Crippen molar-refractivity contribution in [3.8, 4) is 0 Å². The molecule has 0 radical (unpaired) electrons. The second kappa shape index (κ2) is 8.93. The number of carbonyl (C=O) groups excluding carboxylic acids is 2. The Bertz CT molecular complexity index is 652. The molecule has 0 bridgehead atoms. The minimum absolute atomic E-state index is 0.00896. The van der Waals surface area contributed by atoms with Crippen LogP contribution in [0.15, 0.2) is 24.3 Å². The third kappa shape index (κ3) is 5.36. The Kier molecular flexibility index (Phi) is 6.60. The van der Waals surface area contributed by atoms with Crippen molar-refractivity contribution in [2.45, 2.75) is 31.6 Å². The molecule has 0 unspecified atom stereocenters. The van der Waals surface area contributed by atoms with Crippen molar-refractivity contribution in [1.82, 2.24) is 20.4 Å². The van der Waals surface area contributed by atoms with Crippen molar-refractivity contribution in [1.29, 1.82) is 0 Å². The molecule has 1 aliphatic carbocycles. The van der Waals surface area contributed by atoms with Crippen LogP contribution < -0.4 is 10.6 Å². The lowest BCUT2D eigenvalue weighted by Gasteiger charge is -2.34. The number of hydrogen-bond donors (Lipinski definition) is 2. The monoisotopic (exact) mass is 392 g/mol. The molecule has 1 aromatic carbocycles. The molecule has 1 aromatic rings. The van der Waals surface area contributed by atoms with Crippen LogP contribution in [0, 0.1) is 0 Å². The summed E-state index contributed by atoms with van der Waals surface area (Å²) in [5.41, 5.74) is 1.31. The number of carbonyl (C=O) groups is 2. The number of benzene rings is 1. The van der Waals surface area contributed by atoms with Gasteiger partial charge >= 0.3 is 6.03 Å². The summed E-state index contributed by atoms with van der Waals surface area (Å²) in [7, 11) is 0. The maximum absolute atomic E-state index is 12.5. The highest BCUT2D eigenvalue weighted by Gasteiger charge is 2.44. The Labute approximate surface area is 166 Å². The van der Waals surface area contributed by atoms with Crippen molar-refractivity contribution < 1.29 is 9.59 Å². The highest BCUT2D eigenvalue weighted by Crippen LogP contribution is 2.47. The smallest absolute Gasteiger partial charge is 0.317 e. The molecule has 1 heterocycles. The number of piperazine rings is 1. The molecule has 2 fully saturated rings. The summed E-state index contributed by atoms with van der Waals surface area (Å²) < 4.78 is 0. The van der Waals surface area contributed by atoms with Gasteiger partial charge in [-0.05, 0) is 37.0 Å². The van der Waals surface area contributed by atoms with Crippen LogP contribution in [0.5, 0.6) is 0 Å². The molecule has 7 heteroatoms. The second-order valence-corrected chi connectivity index (χ2v) is 8.00. The Hall–Kier alpha value is -1.79. The third-order valence-electron chi connectivity index (χ3n) is 5.49. The molecule has 1 aliphatic heterocycles. The van der Waals surface area contributed by atoms with Crippen molar-refractivity contribution in [3.63, 3.8) is 0 Å². The number of rotatable bonds is 7. The Morgan fingerprint density at radius 3 is 2.33 bits per heavy atom. The summed E-state index contributed by atoms with van der Waals surface area (Å²) in [5.74, 6) is 0.0633. The standard InChI is InChI=1S/C20H29ClN4O2/c1-2-9-22-18(26)14-24-10-12-25(13-11-24)19(27)23-15-20(7-8-20)16-3-5-17(21)6-4-16/h3-6H,2,7-15H2,1H3,(H,22,26)(H,23,27). The van der Waals surface area contributed by atoms with E-state index in [-0.39, 0.29) is 17.4 Å². The topological polar surface area (TPSA) is 64.7 Å². The van der Waals surface area contributed by atoms with Crippen LogP contribution in [-0.4, -0.2) is 67.6 Å². The third-order valence-corrected chi connectivity index (χ3v) is 5.74. The normalized spacial score (nSPS) is 18.8. The van der Waals surface area contributed by atoms with E-state index in [1.54, 1.807) is 0 Å². The SMILES string of the molecule is CCCNC(=O)CN1CCN(C(=O)NCC2(c3ccc(Cl)cc3)CC2)CC1. The number of urea groups is 1. The summed E-state index contributed by atoms with van der Waals surface area (Å²) in [6.45, 7) is 6.60. The number of nitrogens with zero attached hydrogens (tertiary/aromatic N) is 2. The van der Waals surface area contributed by atoms with Gasteiger partial charge in [-0.25, -0.2) is 4.79 Å². The average Bonchev–Trinajstić information content (AvgIpc) is 3.47. The van der Waals surface area contributed by atoms with Crippen LogP contribution in [0.25, 0.3) is 0 Å². The van der Waals surface area contributed by atoms with E-state index in [2.05, 4.69) is 27.7 Å². The van der Waals surface area contributed by atoms with E-state index in [0.717, 1.165) is 43.9 Å². The van der Waals surface area contributed by atoms with Gasteiger partial charge in [0.25, 0.3) is 0 Å². The first-order chi connectivity index (χ1) is 13.0. The largest absolute Gasteiger partial charge is 0.355 e. The zero-order valence-corrected chi connectivity index (χ0v) is 16.7. The van der Waals surface area contributed by atoms with E-state index in [4.69, 9.17) is 11.6 Å². The fourth-order valence-electron chi connectivity index (χ4n) is 3.51. The van der Waals surface area contributed by atoms with Gasteiger partial charge in [-0.1, -0.05) is 30.7 Å². The molecule has 0 aromatic heterocycles. The van der Waals surface area contributed by atoms with Crippen molar-refractivity contribution in [3.05, 3.63) is 34.9 Å². The Balaban J connectivity index is 1.41. The highest BCUT2D eigenvalue weighted by molar-refractivity contribution is 6.30. The first-order valence-corrected chi connectivity index (χ1v) is 10.2. The van der Waals surface area contributed by atoms with Crippen molar-refractivity contribution in [2.24, 2.45) is 0 Å². The molecule has 0 atom stereocenters. The van der Waals surface area contributed by atoms with E-state index in [1.165, 1.54) is 5.56 Å². The van der Waals surface area contributed by atoms with E-state index in [1.807, 2.05) is 24.0 Å². The molecule has 2 N–H and O–H groups in total. The molecule has 0 spiro atoms. The molecule has 6 nitrogen and oxygen atoms in total. The van der Waals surface area contributed by atoms with Crippen LogP contribution >= 0.6 is 11.6 Å². The van der Waals surface area contributed by atoms with Gasteiger partial charge in [0.05, 0.1) is 6.54 Å². The molecule has 3 rings (SSSR count). The number of hydrogen-bond acceptors (Lipinski definition) is 3.